The molecule has 0 saturated heterocycles. The Bertz CT molecular complexity index is 686. The number of phenolic OH excluding ortho intramolecular Hbond substituents is 1. The van der Waals surface area contributed by atoms with E-state index in [0.29, 0.717) is 5.69 Å². The van der Waals surface area contributed by atoms with Crippen molar-refractivity contribution < 1.29 is 19.8 Å². The number of hydrogen-bond donors (Lipinski definition) is 3. The van der Waals surface area contributed by atoms with Crippen LogP contribution in [0.4, 0.5) is 0 Å². The van der Waals surface area contributed by atoms with Gasteiger partial charge in [-0.15, -0.1) is 5.10 Å². The third kappa shape index (κ3) is 3.93. The molecule has 0 aliphatic carbocycles. The summed E-state index contributed by atoms with van der Waals surface area (Å²) in [5.74, 6) is -1.59. The zero-order valence-corrected chi connectivity index (χ0v) is 11.4. The van der Waals surface area contributed by atoms with Gasteiger partial charge in [0.2, 0.25) is 0 Å². The molecule has 0 fully saturated rings. The van der Waals surface area contributed by atoms with Gasteiger partial charge in [-0.1, -0.05) is 16.8 Å². The van der Waals surface area contributed by atoms with Crippen LogP contribution in [0.3, 0.4) is 0 Å². The van der Waals surface area contributed by atoms with Crippen LogP contribution in [0.1, 0.15) is 16.1 Å². The van der Waals surface area contributed by atoms with Crippen LogP contribution in [0.15, 0.2) is 24.4 Å². The molecule has 0 bridgehead atoms. The van der Waals surface area contributed by atoms with E-state index < -0.39 is 11.9 Å². The van der Waals surface area contributed by atoms with E-state index in [-0.39, 0.29) is 29.4 Å². The number of carboxylic acid groups (broad SMARTS) is 1. The highest BCUT2D eigenvalue weighted by atomic mass is 35.5. The Hall–Kier alpha value is -2.61. The molecule has 0 unspecified atom stereocenters. The second-order valence-electron chi connectivity index (χ2n) is 4.15. The summed E-state index contributed by atoms with van der Waals surface area (Å²) >= 11 is 5.86. The third-order valence-electron chi connectivity index (χ3n) is 2.51. The van der Waals surface area contributed by atoms with Crippen molar-refractivity contribution in [2.45, 2.75) is 13.1 Å². The number of aromatic nitrogens is 3. The first-order chi connectivity index (χ1) is 9.95. The monoisotopic (exact) mass is 310 g/mol. The molecule has 1 aromatic heterocycles. The standard InChI is InChI=1S/C12H11ClN4O4/c13-10-2-1-8(18)3-9(10)12(21)14-4-7-5-17(16-15-7)6-11(19)20/h1-3,5,18H,4,6H2,(H,14,21)(H,19,20). The van der Waals surface area contributed by atoms with Gasteiger partial charge in [0.1, 0.15) is 18.0 Å². The highest BCUT2D eigenvalue weighted by Crippen LogP contribution is 2.20. The van der Waals surface area contributed by atoms with E-state index in [1.54, 1.807) is 0 Å². The number of nitrogens with one attached hydrogen (secondary N) is 1. The molecule has 9 heteroatoms. The Morgan fingerprint density at radius 3 is 2.86 bits per heavy atom. The highest BCUT2D eigenvalue weighted by molar-refractivity contribution is 6.33. The maximum Gasteiger partial charge on any atom is 0.325 e. The number of hydrogen-bond acceptors (Lipinski definition) is 5. The molecule has 0 aliphatic heterocycles. The number of rotatable bonds is 5. The first-order valence-electron chi connectivity index (χ1n) is 5.83. The fourth-order valence-corrected chi connectivity index (χ4v) is 1.79. The highest BCUT2D eigenvalue weighted by Gasteiger charge is 2.12. The van der Waals surface area contributed by atoms with E-state index in [1.807, 2.05) is 0 Å². The lowest BCUT2D eigenvalue weighted by molar-refractivity contribution is -0.137. The number of carboxylic acids is 1. The van der Waals surface area contributed by atoms with Crippen LogP contribution in [-0.4, -0.2) is 37.1 Å². The summed E-state index contributed by atoms with van der Waals surface area (Å²) in [6.07, 6.45) is 1.42. The molecule has 110 valence electrons. The first-order valence-corrected chi connectivity index (χ1v) is 6.21. The molecule has 3 N–H and O–H groups in total. The van der Waals surface area contributed by atoms with Crippen LogP contribution < -0.4 is 5.32 Å². The predicted molar refractivity (Wildman–Crippen MR) is 71.9 cm³/mol. The van der Waals surface area contributed by atoms with E-state index in [2.05, 4.69) is 15.6 Å². The molecule has 1 amide bonds. The minimum absolute atomic E-state index is 0.0600. The zero-order valence-electron chi connectivity index (χ0n) is 10.7. The number of aliphatic carboxylic acids is 1. The van der Waals surface area contributed by atoms with Gasteiger partial charge in [0.15, 0.2) is 0 Å². The molecule has 2 rings (SSSR count). The number of phenols is 1. The van der Waals surface area contributed by atoms with Gasteiger partial charge in [-0.3, -0.25) is 9.59 Å². The van der Waals surface area contributed by atoms with Crippen molar-refractivity contribution in [3.8, 4) is 5.75 Å². The fraction of sp³-hybridized carbons (Fsp3) is 0.167. The lowest BCUT2D eigenvalue weighted by Crippen LogP contribution is -2.23. The fourth-order valence-electron chi connectivity index (χ4n) is 1.59. The van der Waals surface area contributed by atoms with E-state index in [9.17, 15) is 14.7 Å². The Balaban J connectivity index is 1.99. The summed E-state index contributed by atoms with van der Waals surface area (Å²) in [6, 6.07) is 4.03. The molecule has 0 atom stereocenters. The molecule has 0 saturated carbocycles. The van der Waals surface area contributed by atoms with Gasteiger partial charge in [0.05, 0.1) is 23.3 Å². The summed E-state index contributed by atoms with van der Waals surface area (Å²) in [5.41, 5.74) is 0.537. The van der Waals surface area contributed by atoms with E-state index in [1.165, 1.54) is 24.4 Å². The van der Waals surface area contributed by atoms with Gasteiger partial charge < -0.3 is 15.5 Å². The van der Waals surface area contributed by atoms with Gasteiger partial charge in [0, 0.05) is 0 Å². The normalized spacial score (nSPS) is 10.3. The maximum absolute atomic E-state index is 11.9. The zero-order chi connectivity index (χ0) is 15.4. The van der Waals surface area contributed by atoms with Gasteiger partial charge >= 0.3 is 5.97 Å². The molecular weight excluding hydrogens is 300 g/mol. The predicted octanol–water partition coefficient (Wildman–Crippen LogP) is 0.652. The van der Waals surface area contributed by atoms with Crippen LogP contribution in [0.25, 0.3) is 0 Å². The van der Waals surface area contributed by atoms with Crippen molar-refractivity contribution in [3.05, 3.63) is 40.7 Å². The molecule has 0 radical (unpaired) electrons. The van der Waals surface area contributed by atoms with Crippen molar-refractivity contribution in [3.63, 3.8) is 0 Å². The van der Waals surface area contributed by atoms with Crippen molar-refractivity contribution in [1.82, 2.24) is 20.3 Å². The summed E-state index contributed by atoms with van der Waals surface area (Å²) in [4.78, 5) is 22.4. The molecule has 1 aromatic carbocycles. The Morgan fingerprint density at radius 2 is 2.14 bits per heavy atom. The lowest BCUT2D eigenvalue weighted by Gasteiger charge is -2.05. The smallest absolute Gasteiger partial charge is 0.325 e. The molecule has 21 heavy (non-hydrogen) atoms. The van der Waals surface area contributed by atoms with Crippen LogP contribution in [0, 0.1) is 0 Å². The minimum Gasteiger partial charge on any atom is -0.508 e. The molecule has 0 aliphatic rings. The number of nitrogens with zero attached hydrogens (tertiary/aromatic N) is 3. The first kappa shape index (κ1) is 14.8. The largest absolute Gasteiger partial charge is 0.508 e. The van der Waals surface area contributed by atoms with Crippen LogP contribution in [0.2, 0.25) is 5.02 Å². The SMILES string of the molecule is O=C(O)Cn1cc(CNC(=O)c2cc(O)ccc2Cl)nn1. The molecular formula is C12H11ClN4O4. The van der Waals surface area contributed by atoms with Crippen molar-refractivity contribution in [1.29, 1.82) is 0 Å². The van der Waals surface area contributed by atoms with E-state index in [4.69, 9.17) is 16.7 Å². The molecule has 0 spiro atoms. The number of benzene rings is 1. The Morgan fingerprint density at radius 1 is 1.38 bits per heavy atom. The van der Waals surface area contributed by atoms with E-state index >= 15 is 0 Å². The minimum atomic E-state index is -1.04. The average molecular weight is 311 g/mol. The van der Waals surface area contributed by atoms with E-state index in [0.717, 1.165) is 4.68 Å². The van der Waals surface area contributed by atoms with Crippen molar-refractivity contribution >= 4 is 23.5 Å². The van der Waals surface area contributed by atoms with Crippen LogP contribution in [0.5, 0.6) is 5.75 Å². The second-order valence-corrected chi connectivity index (χ2v) is 4.56. The van der Waals surface area contributed by atoms with Gasteiger partial charge in [-0.2, -0.15) is 0 Å². The number of carbonyl (C=O) groups is 2. The number of amides is 1. The Kier molecular flexibility index (Phi) is 4.39. The number of carbonyl (C=O) groups excluding carboxylic acids is 1. The van der Waals surface area contributed by atoms with Crippen molar-refractivity contribution in [2.75, 3.05) is 0 Å². The average Bonchev–Trinajstić information content (AvgIpc) is 2.85. The van der Waals surface area contributed by atoms with Crippen molar-refractivity contribution in [2.24, 2.45) is 0 Å². The second kappa shape index (κ2) is 6.23. The maximum atomic E-state index is 11.9. The third-order valence-corrected chi connectivity index (χ3v) is 2.84. The van der Waals surface area contributed by atoms with Crippen LogP contribution in [-0.2, 0) is 17.9 Å². The quantitative estimate of drug-likeness (QED) is 0.746. The van der Waals surface area contributed by atoms with Gasteiger partial charge in [-0.25, -0.2) is 4.68 Å². The number of halogens is 1. The topological polar surface area (TPSA) is 117 Å². The lowest BCUT2D eigenvalue weighted by atomic mass is 10.2. The van der Waals surface area contributed by atoms with Gasteiger partial charge in [0.25, 0.3) is 5.91 Å². The number of aromatic hydroxyl groups is 1. The molecule has 2 aromatic rings. The summed E-state index contributed by atoms with van der Waals surface area (Å²) < 4.78 is 1.14. The molecule has 1 heterocycles. The summed E-state index contributed by atoms with van der Waals surface area (Å²) in [7, 11) is 0. The van der Waals surface area contributed by atoms with Gasteiger partial charge in [-0.05, 0) is 18.2 Å². The summed E-state index contributed by atoms with van der Waals surface area (Å²) in [5, 5.41) is 28.0. The Labute approximate surface area is 124 Å². The molecule has 8 nitrogen and oxygen atoms in total. The van der Waals surface area contributed by atoms with Crippen LogP contribution >= 0.6 is 11.6 Å². The summed E-state index contributed by atoms with van der Waals surface area (Å²) in [6.45, 7) is -0.246.